The second-order valence-corrected chi connectivity index (χ2v) is 7.39. The van der Waals surface area contributed by atoms with Crippen molar-refractivity contribution in [3.63, 3.8) is 0 Å². The number of benzene rings is 2. The minimum atomic E-state index is -0.592. The van der Waals surface area contributed by atoms with Gasteiger partial charge in [-0.05, 0) is 61.1 Å². The Kier molecular flexibility index (Phi) is 4.39. The summed E-state index contributed by atoms with van der Waals surface area (Å²) in [6.07, 6.45) is 4.48. The molecule has 2 aliphatic rings. The average Bonchev–Trinajstić information content (AvgIpc) is 3.32. The summed E-state index contributed by atoms with van der Waals surface area (Å²) >= 11 is 0. The highest BCUT2D eigenvalue weighted by Crippen LogP contribution is 2.27. The van der Waals surface area contributed by atoms with Crippen molar-refractivity contribution in [3.05, 3.63) is 64.7 Å². The summed E-state index contributed by atoms with van der Waals surface area (Å²) < 4.78 is 5.57. The van der Waals surface area contributed by atoms with Gasteiger partial charge in [0.1, 0.15) is 6.54 Å². The lowest BCUT2D eigenvalue weighted by Gasteiger charge is -2.15. The summed E-state index contributed by atoms with van der Waals surface area (Å²) in [5.74, 6) is -1.28. The van der Waals surface area contributed by atoms with Gasteiger partial charge in [0.05, 0.1) is 11.1 Å². The van der Waals surface area contributed by atoms with E-state index in [0.29, 0.717) is 17.0 Å². The number of imide groups is 1. The minimum absolute atomic E-state index is 0.0793. The lowest BCUT2D eigenvalue weighted by molar-refractivity contribution is -0.116. The molecule has 0 fully saturated rings. The van der Waals surface area contributed by atoms with Crippen molar-refractivity contribution in [2.45, 2.75) is 25.7 Å². The second-order valence-electron chi connectivity index (χ2n) is 7.39. The summed E-state index contributed by atoms with van der Waals surface area (Å²) in [6.45, 7) is -0.428. The molecule has 0 radical (unpaired) electrons. The molecule has 8 nitrogen and oxygen atoms in total. The molecule has 5 rings (SSSR count). The van der Waals surface area contributed by atoms with Gasteiger partial charge in [-0.15, -0.1) is 5.10 Å². The van der Waals surface area contributed by atoms with Crippen LogP contribution >= 0.6 is 0 Å². The smallest absolute Gasteiger partial charge is 0.322 e. The van der Waals surface area contributed by atoms with E-state index in [1.165, 1.54) is 24.0 Å². The van der Waals surface area contributed by atoms with E-state index in [9.17, 15) is 14.4 Å². The van der Waals surface area contributed by atoms with Crippen LogP contribution in [0.1, 0.15) is 44.7 Å². The number of aryl methyl sites for hydroxylation is 2. The van der Waals surface area contributed by atoms with Crippen molar-refractivity contribution < 1.29 is 18.8 Å². The first-order valence-corrected chi connectivity index (χ1v) is 9.81. The van der Waals surface area contributed by atoms with Crippen LogP contribution < -0.4 is 5.32 Å². The SMILES string of the molecule is O=C(CN1C(=O)c2ccccc2C1=O)Nc1nnc(-c2ccc3c(c2)CCCC3)o1. The van der Waals surface area contributed by atoms with Crippen LogP contribution in [0, 0.1) is 0 Å². The topological polar surface area (TPSA) is 105 Å². The van der Waals surface area contributed by atoms with Crippen molar-refractivity contribution in [2.24, 2.45) is 0 Å². The van der Waals surface area contributed by atoms with E-state index in [2.05, 4.69) is 21.6 Å². The van der Waals surface area contributed by atoms with E-state index < -0.39 is 24.3 Å². The van der Waals surface area contributed by atoms with E-state index in [0.717, 1.165) is 23.3 Å². The molecule has 3 amide bonds. The van der Waals surface area contributed by atoms with Crippen molar-refractivity contribution in [1.29, 1.82) is 0 Å². The summed E-state index contributed by atoms with van der Waals surface area (Å²) in [4.78, 5) is 38.0. The lowest BCUT2D eigenvalue weighted by Crippen LogP contribution is -2.37. The van der Waals surface area contributed by atoms with Gasteiger partial charge in [-0.1, -0.05) is 23.3 Å². The van der Waals surface area contributed by atoms with Crippen LogP contribution in [0.15, 0.2) is 46.9 Å². The van der Waals surface area contributed by atoms with Crippen LogP contribution in [0.3, 0.4) is 0 Å². The Bertz CT molecular complexity index is 1150. The van der Waals surface area contributed by atoms with Gasteiger partial charge in [-0.2, -0.15) is 0 Å². The Morgan fingerprint density at radius 3 is 2.40 bits per heavy atom. The standard InChI is InChI=1S/C22H18N4O4/c27-18(12-26-20(28)16-7-3-4-8-17(16)21(26)29)23-22-25-24-19(30-22)15-10-9-13-5-1-2-6-14(13)11-15/h3-4,7-11H,1-2,5-6,12H2,(H,23,25,27). The normalized spacial score (nSPS) is 15.1. The predicted molar refractivity (Wildman–Crippen MR) is 107 cm³/mol. The predicted octanol–water partition coefficient (Wildman–Crippen LogP) is 2.85. The molecule has 1 aliphatic heterocycles. The zero-order chi connectivity index (χ0) is 20.7. The summed E-state index contributed by atoms with van der Waals surface area (Å²) in [5.41, 5.74) is 4.02. The molecule has 0 spiro atoms. The fraction of sp³-hybridized carbons (Fsp3) is 0.227. The molecule has 2 heterocycles. The summed E-state index contributed by atoms with van der Waals surface area (Å²) in [7, 11) is 0. The number of nitrogens with zero attached hydrogens (tertiary/aromatic N) is 3. The molecule has 2 aromatic carbocycles. The van der Waals surface area contributed by atoms with Crippen LogP contribution in [0.4, 0.5) is 6.01 Å². The number of carbonyl (C=O) groups excluding carboxylic acids is 3. The van der Waals surface area contributed by atoms with E-state index in [1.807, 2.05) is 12.1 Å². The largest absolute Gasteiger partial charge is 0.403 e. The quantitative estimate of drug-likeness (QED) is 0.673. The Morgan fingerprint density at radius 1 is 0.967 bits per heavy atom. The molecule has 30 heavy (non-hydrogen) atoms. The molecule has 0 atom stereocenters. The highest BCUT2D eigenvalue weighted by Gasteiger charge is 2.36. The molecule has 3 aromatic rings. The molecule has 0 saturated heterocycles. The van der Waals surface area contributed by atoms with Crippen LogP contribution in [0.25, 0.3) is 11.5 Å². The van der Waals surface area contributed by atoms with Gasteiger partial charge in [0.15, 0.2) is 0 Å². The van der Waals surface area contributed by atoms with Crippen LogP contribution in [0.5, 0.6) is 0 Å². The van der Waals surface area contributed by atoms with Gasteiger partial charge in [-0.25, -0.2) is 0 Å². The highest BCUT2D eigenvalue weighted by molar-refractivity contribution is 6.22. The van der Waals surface area contributed by atoms with Gasteiger partial charge >= 0.3 is 6.01 Å². The number of aromatic nitrogens is 2. The first kappa shape index (κ1) is 18.2. The van der Waals surface area contributed by atoms with Gasteiger partial charge in [0.2, 0.25) is 11.8 Å². The molecular formula is C22H18N4O4. The van der Waals surface area contributed by atoms with Crippen LogP contribution in [-0.2, 0) is 17.6 Å². The number of carbonyl (C=O) groups is 3. The molecule has 150 valence electrons. The number of anilines is 1. The Morgan fingerprint density at radius 2 is 1.67 bits per heavy atom. The molecule has 8 heteroatoms. The molecule has 0 bridgehead atoms. The monoisotopic (exact) mass is 402 g/mol. The molecule has 1 aliphatic carbocycles. The Labute approximate surface area is 171 Å². The zero-order valence-electron chi connectivity index (χ0n) is 16.1. The fourth-order valence-electron chi connectivity index (χ4n) is 3.94. The molecule has 0 saturated carbocycles. The van der Waals surface area contributed by atoms with Crippen molar-refractivity contribution in [3.8, 4) is 11.5 Å². The Balaban J connectivity index is 1.27. The summed E-state index contributed by atoms with van der Waals surface area (Å²) in [5, 5.41) is 10.3. The number of rotatable bonds is 4. The lowest BCUT2D eigenvalue weighted by atomic mass is 9.90. The number of amides is 3. The summed E-state index contributed by atoms with van der Waals surface area (Å²) in [6, 6.07) is 12.5. The van der Waals surface area contributed by atoms with E-state index >= 15 is 0 Å². The second kappa shape index (κ2) is 7.22. The van der Waals surface area contributed by atoms with E-state index in [-0.39, 0.29) is 6.01 Å². The maximum atomic E-state index is 12.4. The third-order valence-electron chi connectivity index (χ3n) is 5.45. The molecule has 1 aromatic heterocycles. The van der Waals surface area contributed by atoms with Gasteiger partial charge in [0, 0.05) is 5.56 Å². The third kappa shape index (κ3) is 3.16. The van der Waals surface area contributed by atoms with E-state index in [1.54, 1.807) is 24.3 Å². The number of hydrogen-bond donors (Lipinski definition) is 1. The fourth-order valence-corrected chi connectivity index (χ4v) is 3.94. The van der Waals surface area contributed by atoms with E-state index in [4.69, 9.17) is 4.42 Å². The number of fused-ring (bicyclic) bond motifs is 2. The van der Waals surface area contributed by atoms with Crippen LogP contribution in [-0.4, -0.2) is 39.4 Å². The number of nitrogens with one attached hydrogen (secondary N) is 1. The van der Waals surface area contributed by atoms with Crippen LogP contribution in [0.2, 0.25) is 0 Å². The highest BCUT2D eigenvalue weighted by atomic mass is 16.4. The third-order valence-corrected chi connectivity index (χ3v) is 5.45. The van der Waals surface area contributed by atoms with Gasteiger partial charge in [0.25, 0.3) is 11.8 Å². The average molecular weight is 402 g/mol. The minimum Gasteiger partial charge on any atom is -0.403 e. The van der Waals surface area contributed by atoms with Crippen molar-refractivity contribution >= 4 is 23.7 Å². The maximum absolute atomic E-state index is 12.4. The molecular weight excluding hydrogens is 384 g/mol. The number of hydrogen-bond acceptors (Lipinski definition) is 6. The van der Waals surface area contributed by atoms with Gasteiger partial charge in [-0.3, -0.25) is 24.6 Å². The first-order chi connectivity index (χ1) is 14.6. The van der Waals surface area contributed by atoms with Crippen molar-refractivity contribution in [2.75, 3.05) is 11.9 Å². The Hall–Kier alpha value is -3.81. The zero-order valence-corrected chi connectivity index (χ0v) is 16.1. The maximum Gasteiger partial charge on any atom is 0.322 e. The van der Waals surface area contributed by atoms with Crippen molar-refractivity contribution in [1.82, 2.24) is 15.1 Å². The van der Waals surface area contributed by atoms with Gasteiger partial charge < -0.3 is 4.42 Å². The molecule has 0 unspecified atom stereocenters. The molecule has 1 N–H and O–H groups in total. The first-order valence-electron chi connectivity index (χ1n) is 9.81.